The van der Waals surface area contributed by atoms with Gasteiger partial charge in [0.2, 0.25) is 5.62 Å². The predicted molar refractivity (Wildman–Crippen MR) is 77.2 cm³/mol. The zero-order chi connectivity index (χ0) is 15.0. The van der Waals surface area contributed by atoms with Gasteiger partial charge in [-0.1, -0.05) is 6.58 Å². The maximum Gasteiger partial charge on any atom is 0.229 e. The van der Waals surface area contributed by atoms with Crippen LogP contribution in [-0.4, -0.2) is 34.5 Å². The van der Waals surface area contributed by atoms with Crippen molar-refractivity contribution in [3.05, 3.63) is 42.8 Å². The minimum Gasteiger partial charge on any atom is -0.330 e. The number of azo groups is 1. The second-order valence-electron chi connectivity index (χ2n) is 4.07. The quantitative estimate of drug-likeness (QED) is 0.330. The third kappa shape index (κ3) is 4.65. The molecule has 0 aliphatic rings. The largest absolute Gasteiger partial charge is 0.330 e. The molecular weight excluding hydrogens is 256 g/mol. The number of nitrogens with zero attached hydrogens (tertiary/aromatic N) is 7. The highest BCUT2D eigenvalue weighted by molar-refractivity contribution is 5.54. The average Bonchev–Trinajstić information content (AvgIpc) is 2.75. The molecule has 108 valence electrons. The van der Waals surface area contributed by atoms with Gasteiger partial charge in [0.25, 0.3) is 0 Å². The minimum absolute atomic E-state index is 0.513. The molecule has 0 saturated carbocycles. The number of quaternary nitrogens is 1. The fourth-order valence-corrected chi connectivity index (χ4v) is 1.29. The van der Waals surface area contributed by atoms with Crippen LogP contribution in [0, 0.1) is 0 Å². The monoisotopic (exact) mass is 277 g/mol. The zero-order valence-corrected chi connectivity index (χ0v) is 12.3. The topological polar surface area (TPSA) is 79.2 Å². The Kier molecular flexibility index (Phi) is 6.11. The number of hydrogen-bond donors (Lipinski definition) is 1. The lowest BCUT2D eigenvalue weighted by Gasteiger charge is -2.09. The number of hydrogen-bond acceptors (Lipinski definition) is 4. The van der Waals surface area contributed by atoms with Crippen molar-refractivity contribution in [1.29, 1.82) is 0 Å². The summed E-state index contributed by atoms with van der Waals surface area (Å²) in [5.74, 6) is 0.513. The summed E-state index contributed by atoms with van der Waals surface area (Å²) >= 11 is 0. The maximum absolute atomic E-state index is 4.04. The lowest BCUT2D eigenvalue weighted by Crippen LogP contribution is -2.72. The zero-order valence-electron chi connectivity index (χ0n) is 12.3. The molecule has 1 aromatic rings. The Balaban J connectivity index is 2.61. The van der Waals surface area contributed by atoms with Crippen molar-refractivity contribution in [3.8, 4) is 0 Å². The van der Waals surface area contributed by atoms with Crippen LogP contribution in [0.2, 0.25) is 0 Å². The lowest BCUT2D eigenvalue weighted by molar-refractivity contribution is -0.557. The molecule has 0 aliphatic carbocycles. The number of nitrogens with two attached hydrogens (primary N) is 1. The first-order chi connectivity index (χ1) is 9.56. The molecule has 0 radical (unpaired) electrons. The molecular formula is C12H21N8+. The average molecular weight is 277 g/mol. The van der Waals surface area contributed by atoms with Crippen molar-refractivity contribution >= 4 is 6.34 Å². The van der Waals surface area contributed by atoms with E-state index in [2.05, 4.69) is 27.0 Å². The predicted octanol–water partition coefficient (Wildman–Crippen LogP) is -0.273. The van der Waals surface area contributed by atoms with Crippen LogP contribution >= 0.6 is 0 Å². The van der Waals surface area contributed by atoms with Gasteiger partial charge in [0, 0.05) is 33.5 Å². The normalized spacial score (nSPS) is 11.8. The second-order valence-corrected chi connectivity index (χ2v) is 4.07. The molecule has 1 aromatic heterocycles. The third-order valence-electron chi connectivity index (χ3n) is 2.48. The molecule has 0 saturated heterocycles. The van der Waals surface area contributed by atoms with Gasteiger partial charge in [-0.2, -0.15) is 0 Å². The molecule has 0 aliphatic heterocycles. The van der Waals surface area contributed by atoms with Crippen molar-refractivity contribution < 1.29 is 5.32 Å². The van der Waals surface area contributed by atoms with E-state index in [4.69, 9.17) is 0 Å². The number of imidazole rings is 1. The van der Waals surface area contributed by atoms with Gasteiger partial charge in [-0.05, 0) is 0 Å². The van der Waals surface area contributed by atoms with Crippen molar-refractivity contribution in [2.75, 3.05) is 14.1 Å². The fraction of sp³-hybridized carbons (Fsp3) is 0.333. The van der Waals surface area contributed by atoms with Crippen LogP contribution in [0.5, 0.6) is 0 Å². The van der Waals surface area contributed by atoms with E-state index in [9.17, 15) is 0 Å². The van der Waals surface area contributed by atoms with E-state index in [1.54, 1.807) is 4.90 Å². The van der Waals surface area contributed by atoms with Crippen LogP contribution < -0.4 is 10.9 Å². The summed E-state index contributed by atoms with van der Waals surface area (Å²) in [5.41, 5.74) is 0.716. The van der Waals surface area contributed by atoms with Crippen molar-refractivity contribution in [2.24, 2.45) is 34.5 Å². The van der Waals surface area contributed by atoms with E-state index in [0.717, 1.165) is 0 Å². The Morgan fingerprint density at radius 1 is 1.35 bits per heavy atom. The lowest BCUT2D eigenvalue weighted by atomic mass is 10.6. The first-order valence-corrected chi connectivity index (χ1v) is 6.08. The van der Waals surface area contributed by atoms with Crippen LogP contribution in [0.4, 0.5) is 0 Å². The van der Waals surface area contributed by atoms with E-state index >= 15 is 0 Å². The van der Waals surface area contributed by atoms with Gasteiger partial charge in [0.15, 0.2) is 6.34 Å². The molecule has 0 amide bonds. The van der Waals surface area contributed by atoms with Gasteiger partial charge in [0.05, 0.1) is 13.2 Å². The smallest absolute Gasteiger partial charge is 0.229 e. The molecule has 2 N–H and O–H groups in total. The van der Waals surface area contributed by atoms with Crippen LogP contribution in [0.3, 0.4) is 0 Å². The van der Waals surface area contributed by atoms with Crippen molar-refractivity contribution in [1.82, 2.24) is 14.0 Å². The summed E-state index contributed by atoms with van der Waals surface area (Å²) in [7, 11) is 7.56. The van der Waals surface area contributed by atoms with Crippen molar-refractivity contribution in [3.63, 3.8) is 0 Å². The summed E-state index contributed by atoms with van der Waals surface area (Å²) in [6, 6.07) is 0. The van der Waals surface area contributed by atoms with Crippen molar-refractivity contribution in [2.45, 2.75) is 0 Å². The van der Waals surface area contributed by atoms with Crippen LogP contribution in [0.25, 0.3) is 0 Å². The third-order valence-corrected chi connectivity index (χ3v) is 2.48. The molecule has 8 heteroatoms. The van der Waals surface area contributed by atoms with Gasteiger partial charge >= 0.3 is 0 Å². The number of aromatic nitrogens is 2. The number of aryl methyl sites for hydroxylation is 2. The highest BCUT2D eigenvalue weighted by atomic mass is 15.3. The number of rotatable bonds is 6. The summed E-state index contributed by atoms with van der Waals surface area (Å²) in [6.45, 7) is 3.78. The standard InChI is InChI=1S/C12H20N8/c1-11(18(3)7-6-13-2)16-14-10-15-17-12-19(4)8-9-20(12)5/h6-10,13H,1H2,2-5H3/p+1. The Morgan fingerprint density at radius 3 is 2.60 bits per heavy atom. The van der Waals surface area contributed by atoms with Crippen LogP contribution in [-0.2, 0) is 14.1 Å². The molecule has 0 aromatic carbocycles. The summed E-state index contributed by atoms with van der Waals surface area (Å²) in [4.78, 5) is 1.76. The van der Waals surface area contributed by atoms with E-state index in [0.29, 0.717) is 11.4 Å². The van der Waals surface area contributed by atoms with Crippen LogP contribution in [0.1, 0.15) is 0 Å². The molecule has 20 heavy (non-hydrogen) atoms. The Morgan fingerprint density at radius 2 is 2.00 bits per heavy atom. The van der Waals surface area contributed by atoms with Gasteiger partial charge in [-0.3, -0.25) is 0 Å². The van der Waals surface area contributed by atoms with Gasteiger partial charge in [-0.15, -0.1) is 20.4 Å². The SMILES string of the molecule is C=C(N=NC=NN=c1n(C)ccn1C)N(C)C=C[NH2+]C. The maximum atomic E-state index is 4.04. The Bertz CT molecular complexity index is 564. The summed E-state index contributed by atoms with van der Waals surface area (Å²) in [6.07, 6.45) is 8.79. The molecule has 0 spiro atoms. The van der Waals surface area contributed by atoms with Gasteiger partial charge in [0.1, 0.15) is 12.0 Å². The Hall–Kier alpha value is -2.48. The Labute approximate surface area is 118 Å². The first-order valence-electron chi connectivity index (χ1n) is 6.08. The highest BCUT2D eigenvalue weighted by Crippen LogP contribution is 1.99. The molecule has 8 nitrogen and oxygen atoms in total. The molecule has 0 unspecified atom stereocenters. The molecule has 0 atom stereocenters. The van der Waals surface area contributed by atoms with E-state index in [-0.39, 0.29) is 0 Å². The molecule has 1 heterocycles. The first kappa shape index (κ1) is 15.6. The van der Waals surface area contributed by atoms with Crippen LogP contribution in [0.15, 0.2) is 57.6 Å². The second kappa shape index (κ2) is 7.85. The van der Waals surface area contributed by atoms with Gasteiger partial charge < -0.3 is 19.4 Å². The van der Waals surface area contributed by atoms with E-state index in [1.165, 1.54) is 6.34 Å². The van der Waals surface area contributed by atoms with Gasteiger partial charge in [-0.25, -0.2) is 0 Å². The molecule has 1 rings (SSSR count). The summed E-state index contributed by atoms with van der Waals surface area (Å²) in [5, 5.41) is 17.5. The van der Waals surface area contributed by atoms with E-state index < -0.39 is 0 Å². The highest BCUT2D eigenvalue weighted by Gasteiger charge is 1.94. The van der Waals surface area contributed by atoms with E-state index in [1.807, 2.05) is 67.4 Å². The summed E-state index contributed by atoms with van der Waals surface area (Å²) < 4.78 is 3.71. The fourth-order valence-electron chi connectivity index (χ4n) is 1.29. The minimum atomic E-state index is 0.513. The molecule has 0 bridgehead atoms. The molecule has 0 fully saturated rings.